The Bertz CT molecular complexity index is 1000. The van der Waals surface area contributed by atoms with Gasteiger partial charge in [0.25, 0.3) is 0 Å². The van der Waals surface area contributed by atoms with E-state index in [0.717, 1.165) is 36.6 Å². The number of amides is 1. The molecule has 0 radical (unpaired) electrons. The summed E-state index contributed by atoms with van der Waals surface area (Å²) in [5.74, 6) is 1.67. The Morgan fingerprint density at radius 1 is 1.29 bits per heavy atom. The summed E-state index contributed by atoms with van der Waals surface area (Å²) in [7, 11) is 0. The number of piperidine rings is 1. The summed E-state index contributed by atoms with van der Waals surface area (Å²) < 4.78 is 3.54. The van der Waals surface area contributed by atoms with Gasteiger partial charge in [0, 0.05) is 43.5 Å². The molecule has 0 unspecified atom stereocenters. The van der Waals surface area contributed by atoms with Crippen LogP contribution in [0, 0.1) is 0 Å². The van der Waals surface area contributed by atoms with Gasteiger partial charge in [-0.25, -0.2) is 14.9 Å². The largest absolute Gasteiger partial charge is 0.343 e. The third kappa shape index (κ3) is 3.49. The summed E-state index contributed by atoms with van der Waals surface area (Å²) in [5.41, 5.74) is 0.798. The second-order valence-corrected chi connectivity index (χ2v) is 7.05. The molecule has 0 bridgehead atoms. The van der Waals surface area contributed by atoms with Crippen LogP contribution in [0.25, 0.3) is 11.4 Å². The highest BCUT2D eigenvalue weighted by molar-refractivity contribution is 5.77. The molecule has 0 spiro atoms. The average molecular weight is 380 g/mol. The van der Waals surface area contributed by atoms with Crippen LogP contribution in [0.3, 0.4) is 0 Å². The van der Waals surface area contributed by atoms with E-state index in [4.69, 9.17) is 0 Å². The number of H-pyrrole nitrogens is 1. The molecule has 1 amide bonds. The van der Waals surface area contributed by atoms with Crippen molar-refractivity contribution in [2.24, 2.45) is 0 Å². The maximum absolute atomic E-state index is 13.0. The number of imidazole rings is 1. The van der Waals surface area contributed by atoms with E-state index in [1.54, 1.807) is 10.8 Å². The summed E-state index contributed by atoms with van der Waals surface area (Å²) in [6.07, 6.45) is 5.38. The molecule has 0 saturated carbocycles. The van der Waals surface area contributed by atoms with Crippen molar-refractivity contribution >= 4 is 5.91 Å². The predicted octanol–water partition coefficient (Wildman–Crippen LogP) is 1.86. The first-order valence-electron chi connectivity index (χ1n) is 9.66. The lowest BCUT2D eigenvalue weighted by atomic mass is 9.97. The molecular formula is C20H24N6O2. The van der Waals surface area contributed by atoms with Crippen LogP contribution in [0.1, 0.15) is 31.5 Å². The minimum absolute atomic E-state index is 0.0563. The van der Waals surface area contributed by atoms with Gasteiger partial charge in [-0.2, -0.15) is 5.10 Å². The Morgan fingerprint density at radius 2 is 2.11 bits per heavy atom. The lowest BCUT2D eigenvalue weighted by Crippen LogP contribution is -2.41. The van der Waals surface area contributed by atoms with Gasteiger partial charge in [-0.3, -0.25) is 9.36 Å². The van der Waals surface area contributed by atoms with Crippen LogP contribution in [0.5, 0.6) is 0 Å². The normalized spacial score (nSPS) is 17.0. The quantitative estimate of drug-likeness (QED) is 0.732. The van der Waals surface area contributed by atoms with Crippen molar-refractivity contribution in [1.82, 2.24) is 29.2 Å². The number of aromatic amines is 1. The number of hydrogen-bond donors (Lipinski definition) is 1. The van der Waals surface area contributed by atoms with Gasteiger partial charge in [0.05, 0.1) is 0 Å². The number of nitrogens with zero attached hydrogens (tertiary/aromatic N) is 5. The number of hydrogen-bond acceptors (Lipinski definition) is 4. The van der Waals surface area contributed by atoms with Crippen LogP contribution in [-0.4, -0.2) is 48.2 Å². The Labute approximate surface area is 162 Å². The Hall–Kier alpha value is -3.16. The van der Waals surface area contributed by atoms with Crippen LogP contribution in [0.4, 0.5) is 0 Å². The van der Waals surface area contributed by atoms with Gasteiger partial charge in [-0.15, -0.1) is 0 Å². The van der Waals surface area contributed by atoms with Gasteiger partial charge in [0.1, 0.15) is 18.2 Å². The average Bonchev–Trinajstić information content (AvgIpc) is 3.34. The van der Waals surface area contributed by atoms with E-state index in [-0.39, 0.29) is 24.1 Å². The SMILES string of the molecule is CCn1c([C@H]2CCCN(C(=O)Cn3ccnc3-c3ccccc3)C2)n[nH]c1=O. The predicted molar refractivity (Wildman–Crippen MR) is 105 cm³/mol. The molecule has 4 rings (SSSR count). The van der Waals surface area contributed by atoms with Gasteiger partial charge in [0.2, 0.25) is 5.91 Å². The Morgan fingerprint density at radius 3 is 2.89 bits per heavy atom. The number of benzene rings is 1. The minimum Gasteiger partial charge on any atom is -0.340 e. The molecule has 146 valence electrons. The Balaban J connectivity index is 1.49. The van der Waals surface area contributed by atoms with Gasteiger partial charge < -0.3 is 9.47 Å². The lowest BCUT2D eigenvalue weighted by molar-refractivity contribution is -0.133. The molecule has 28 heavy (non-hydrogen) atoms. The molecule has 8 heteroatoms. The second kappa shape index (κ2) is 7.84. The van der Waals surface area contributed by atoms with Crippen molar-refractivity contribution in [2.45, 2.75) is 38.8 Å². The van der Waals surface area contributed by atoms with Gasteiger partial charge in [0.15, 0.2) is 0 Å². The number of carbonyl (C=O) groups excluding carboxylic acids is 1. The summed E-state index contributed by atoms with van der Waals surface area (Å²) in [6, 6.07) is 9.86. The van der Waals surface area contributed by atoms with Crippen molar-refractivity contribution in [3.8, 4) is 11.4 Å². The van der Waals surface area contributed by atoms with Crippen molar-refractivity contribution in [3.63, 3.8) is 0 Å². The fourth-order valence-electron chi connectivity index (χ4n) is 3.89. The van der Waals surface area contributed by atoms with Gasteiger partial charge >= 0.3 is 5.69 Å². The molecule has 2 aromatic heterocycles. The van der Waals surface area contributed by atoms with Crippen LogP contribution < -0.4 is 5.69 Å². The number of aromatic nitrogens is 5. The fourth-order valence-corrected chi connectivity index (χ4v) is 3.89. The van der Waals surface area contributed by atoms with E-state index in [1.165, 1.54) is 0 Å². The second-order valence-electron chi connectivity index (χ2n) is 7.05. The van der Waals surface area contributed by atoms with Crippen molar-refractivity contribution in [1.29, 1.82) is 0 Å². The number of carbonyl (C=O) groups is 1. The molecule has 3 heterocycles. The van der Waals surface area contributed by atoms with E-state index in [0.29, 0.717) is 13.1 Å². The summed E-state index contributed by atoms with van der Waals surface area (Å²) in [5, 5.41) is 6.74. The van der Waals surface area contributed by atoms with Crippen LogP contribution >= 0.6 is 0 Å². The summed E-state index contributed by atoms with van der Waals surface area (Å²) in [4.78, 5) is 31.1. The Kier molecular flexibility index (Phi) is 5.10. The first kappa shape index (κ1) is 18.2. The highest BCUT2D eigenvalue weighted by Crippen LogP contribution is 2.25. The molecule has 1 aromatic carbocycles. The number of likely N-dealkylation sites (tertiary alicyclic amines) is 1. The molecule has 1 fully saturated rings. The van der Waals surface area contributed by atoms with Gasteiger partial charge in [-0.1, -0.05) is 30.3 Å². The first-order valence-corrected chi connectivity index (χ1v) is 9.66. The van der Waals surface area contributed by atoms with E-state index in [2.05, 4.69) is 15.2 Å². The molecule has 1 saturated heterocycles. The maximum Gasteiger partial charge on any atom is 0.343 e. The van der Waals surface area contributed by atoms with E-state index >= 15 is 0 Å². The first-order chi connectivity index (χ1) is 13.7. The topological polar surface area (TPSA) is 88.8 Å². The van der Waals surface area contributed by atoms with Crippen molar-refractivity contribution in [2.75, 3.05) is 13.1 Å². The van der Waals surface area contributed by atoms with Crippen LogP contribution in [-0.2, 0) is 17.9 Å². The minimum atomic E-state index is -0.188. The zero-order valence-corrected chi connectivity index (χ0v) is 15.9. The van der Waals surface area contributed by atoms with E-state index < -0.39 is 0 Å². The monoisotopic (exact) mass is 380 g/mol. The van der Waals surface area contributed by atoms with Crippen LogP contribution in [0.2, 0.25) is 0 Å². The molecule has 1 atom stereocenters. The molecular weight excluding hydrogens is 356 g/mol. The molecule has 0 aliphatic carbocycles. The molecule has 8 nitrogen and oxygen atoms in total. The smallest absolute Gasteiger partial charge is 0.340 e. The highest BCUT2D eigenvalue weighted by atomic mass is 16.2. The summed E-state index contributed by atoms with van der Waals surface area (Å²) >= 11 is 0. The van der Waals surface area contributed by atoms with Crippen LogP contribution in [0.15, 0.2) is 47.5 Å². The van der Waals surface area contributed by atoms with E-state index in [9.17, 15) is 9.59 Å². The highest BCUT2D eigenvalue weighted by Gasteiger charge is 2.28. The standard InChI is InChI=1S/C20H24N6O2/c1-2-26-19(22-23-20(26)28)16-9-6-11-24(13-16)17(27)14-25-12-10-21-18(25)15-7-4-3-5-8-15/h3-5,7-8,10,12,16H,2,6,9,11,13-14H2,1H3,(H,23,28)/t16-/m0/s1. The van der Waals surface area contributed by atoms with Gasteiger partial charge in [-0.05, 0) is 19.8 Å². The summed E-state index contributed by atoms with van der Waals surface area (Å²) in [6.45, 7) is 4.06. The number of rotatable bonds is 5. The molecule has 3 aromatic rings. The van der Waals surface area contributed by atoms with Crippen molar-refractivity contribution in [3.05, 3.63) is 59.0 Å². The number of nitrogens with one attached hydrogen (secondary N) is 1. The lowest BCUT2D eigenvalue weighted by Gasteiger charge is -2.32. The molecule has 1 aliphatic heterocycles. The third-order valence-corrected chi connectivity index (χ3v) is 5.30. The third-order valence-electron chi connectivity index (χ3n) is 5.30. The van der Waals surface area contributed by atoms with E-state index in [1.807, 2.05) is 52.9 Å². The zero-order chi connectivity index (χ0) is 19.5. The zero-order valence-electron chi connectivity index (χ0n) is 15.9. The fraction of sp³-hybridized carbons (Fsp3) is 0.400. The van der Waals surface area contributed by atoms with Crippen molar-refractivity contribution < 1.29 is 4.79 Å². The molecule has 1 aliphatic rings. The molecule has 1 N–H and O–H groups in total. The maximum atomic E-state index is 13.0.